The van der Waals surface area contributed by atoms with E-state index in [0.29, 0.717) is 31.5 Å². The van der Waals surface area contributed by atoms with E-state index in [-0.39, 0.29) is 5.91 Å². The molecule has 36 heavy (non-hydrogen) atoms. The summed E-state index contributed by atoms with van der Waals surface area (Å²) in [7, 11) is 0. The second kappa shape index (κ2) is 10.0. The van der Waals surface area contributed by atoms with Gasteiger partial charge in [-0.3, -0.25) is 9.78 Å². The standard InChI is InChI=1S/C28H31N5O2S/c1-2-5-22(30-20-8-9-20)25-16-19-10-11-33(24-7-4-3-6-21(24)27(19)36-25)28(34)23-17-29-18-26(31-23)32-12-14-35-15-13-32/h3-7,16-18,20,30H,2,8-15H2,1H3/b22-5+. The predicted octanol–water partition coefficient (Wildman–Crippen LogP) is 4.75. The van der Waals surface area contributed by atoms with E-state index in [2.05, 4.69) is 46.4 Å². The number of carbonyl (C=O) groups excluding carboxylic acids is 1. The first kappa shape index (κ1) is 23.2. The van der Waals surface area contributed by atoms with Gasteiger partial charge in [-0.1, -0.05) is 31.2 Å². The minimum Gasteiger partial charge on any atom is -0.381 e. The third-order valence-corrected chi connectivity index (χ3v) is 8.13. The number of nitrogens with one attached hydrogen (secondary N) is 1. The van der Waals surface area contributed by atoms with Crippen LogP contribution in [0.4, 0.5) is 11.5 Å². The van der Waals surface area contributed by atoms with Crippen molar-refractivity contribution in [2.24, 2.45) is 0 Å². The van der Waals surface area contributed by atoms with Gasteiger partial charge in [0, 0.05) is 41.8 Å². The average molecular weight is 502 g/mol. The van der Waals surface area contributed by atoms with Gasteiger partial charge in [0.25, 0.3) is 5.91 Å². The van der Waals surface area contributed by atoms with Crippen LogP contribution in [0.3, 0.4) is 0 Å². The zero-order valence-electron chi connectivity index (χ0n) is 20.6. The Kier molecular flexibility index (Phi) is 6.46. The van der Waals surface area contributed by atoms with E-state index in [1.54, 1.807) is 12.4 Å². The molecule has 1 saturated heterocycles. The minimum absolute atomic E-state index is 0.109. The van der Waals surface area contributed by atoms with Crippen LogP contribution in [0, 0.1) is 0 Å². The van der Waals surface area contributed by atoms with Gasteiger partial charge in [-0.2, -0.15) is 0 Å². The molecule has 2 aliphatic heterocycles. The molecule has 2 fully saturated rings. The summed E-state index contributed by atoms with van der Waals surface area (Å²) in [6.45, 7) is 5.62. The van der Waals surface area contributed by atoms with Crippen LogP contribution in [0.5, 0.6) is 0 Å². The maximum absolute atomic E-state index is 13.8. The van der Waals surface area contributed by atoms with E-state index < -0.39 is 0 Å². The summed E-state index contributed by atoms with van der Waals surface area (Å²) in [4.78, 5) is 29.4. The lowest BCUT2D eigenvalue weighted by molar-refractivity contribution is 0.0982. The van der Waals surface area contributed by atoms with Crippen molar-refractivity contribution >= 4 is 34.4 Å². The van der Waals surface area contributed by atoms with Gasteiger partial charge < -0.3 is 19.9 Å². The van der Waals surface area contributed by atoms with Gasteiger partial charge in [0.1, 0.15) is 11.5 Å². The third kappa shape index (κ3) is 4.63. The van der Waals surface area contributed by atoms with E-state index in [1.165, 1.54) is 33.9 Å². The number of nitrogens with zero attached hydrogens (tertiary/aromatic N) is 4. The molecule has 1 amide bonds. The van der Waals surface area contributed by atoms with Crippen LogP contribution in [0.25, 0.3) is 16.1 Å². The molecule has 4 heterocycles. The molecule has 0 atom stereocenters. The number of para-hydroxylation sites is 1. The van der Waals surface area contributed by atoms with E-state index in [0.717, 1.165) is 43.0 Å². The summed E-state index contributed by atoms with van der Waals surface area (Å²) >= 11 is 1.82. The maximum atomic E-state index is 13.8. The molecule has 1 saturated carbocycles. The summed E-state index contributed by atoms with van der Waals surface area (Å²) in [5, 5.41) is 3.72. The number of aromatic nitrogens is 2. The molecule has 8 heteroatoms. The summed E-state index contributed by atoms with van der Waals surface area (Å²) in [6.07, 6.45) is 9.91. The molecule has 0 unspecified atom stereocenters. The molecule has 3 aromatic rings. The van der Waals surface area contributed by atoms with Gasteiger partial charge >= 0.3 is 0 Å². The molecular formula is C28H31N5O2S. The van der Waals surface area contributed by atoms with Gasteiger partial charge in [-0.05, 0) is 43.4 Å². The number of hydrogen-bond donors (Lipinski definition) is 1. The average Bonchev–Trinajstić information content (AvgIpc) is 3.68. The smallest absolute Gasteiger partial charge is 0.278 e. The van der Waals surface area contributed by atoms with Gasteiger partial charge in [0.15, 0.2) is 0 Å². The molecule has 2 aromatic heterocycles. The zero-order chi connectivity index (χ0) is 24.5. The number of rotatable bonds is 6. The monoisotopic (exact) mass is 501 g/mol. The Morgan fingerprint density at radius 3 is 2.83 bits per heavy atom. The molecule has 6 rings (SSSR count). The molecule has 1 aromatic carbocycles. The van der Waals surface area contributed by atoms with E-state index in [9.17, 15) is 4.79 Å². The third-order valence-electron chi connectivity index (χ3n) is 6.89. The number of fused-ring (bicyclic) bond motifs is 3. The van der Waals surface area contributed by atoms with Crippen molar-refractivity contribution in [2.45, 2.75) is 38.6 Å². The maximum Gasteiger partial charge on any atom is 0.278 e. The fraction of sp³-hybridized carbons (Fsp3) is 0.393. The first-order chi connectivity index (χ1) is 17.7. The Labute approximate surface area is 215 Å². The summed E-state index contributed by atoms with van der Waals surface area (Å²) in [5.41, 5.74) is 4.96. The van der Waals surface area contributed by atoms with Crippen LogP contribution >= 0.6 is 11.3 Å². The van der Waals surface area contributed by atoms with Crippen LogP contribution in [-0.2, 0) is 11.2 Å². The minimum atomic E-state index is -0.109. The van der Waals surface area contributed by atoms with Crippen molar-refractivity contribution in [2.75, 3.05) is 42.6 Å². The molecular weight excluding hydrogens is 470 g/mol. The van der Waals surface area contributed by atoms with E-state index in [4.69, 9.17) is 9.72 Å². The van der Waals surface area contributed by atoms with Crippen molar-refractivity contribution in [1.29, 1.82) is 0 Å². The molecule has 1 N–H and O–H groups in total. The van der Waals surface area contributed by atoms with E-state index in [1.807, 2.05) is 28.4 Å². The van der Waals surface area contributed by atoms with Crippen molar-refractivity contribution in [1.82, 2.24) is 15.3 Å². The number of thiophene rings is 1. The second-order valence-corrected chi connectivity index (χ2v) is 10.5. The highest BCUT2D eigenvalue weighted by Gasteiger charge is 2.29. The largest absolute Gasteiger partial charge is 0.381 e. The molecule has 0 radical (unpaired) electrons. The summed E-state index contributed by atoms with van der Waals surface area (Å²) < 4.78 is 5.46. The number of carbonyl (C=O) groups is 1. The number of ether oxygens (including phenoxy) is 1. The van der Waals surface area contributed by atoms with Crippen LogP contribution < -0.4 is 15.1 Å². The van der Waals surface area contributed by atoms with E-state index >= 15 is 0 Å². The highest BCUT2D eigenvalue weighted by atomic mass is 32.1. The number of benzene rings is 1. The van der Waals surface area contributed by atoms with Gasteiger partial charge in [-0.25, -0.2) is 4.98 Å². The number of anilines is 2. The molecule has 0 bridgehead atoms. The Balaban J connectivity index is 1.32. The van der Waals surface area contributed by atoms with Gasteiger partial charge in [0.05, 0.1) is 36.2 Å². The van der Waals surface area contributed by atoms with Crippen molar-refractivity contribution in [3.8, 4) is 10.4 Å². The number of allylic oxidation sites excluding steroid dienone is 1. The van der Waals surface area contributed by atoms with Crippen molar-refractivity contribution < 1.29 is 9.53 Å². The Hall–Kier alpha value is -3.23. The number of amides is 1. The fourth-order valence-corrected chi connectivity index (χ4v) is 6.11. The normalized spacial score (nSPS) is 17.9. The first-order valence-corrected chi connectivity index (χ1v) is 13.7. The van der Waals surface area contributed by atoms with Crippen molar-refractivity contribution in [3.05, 3.63) is 64.9 Å². The second-order valence-electron chi connectivity index (χ2n) is 9.50. The van der Waals surface area contributed by atoms with Gasteiger partial charge in [-0.15, -0.1) is 11.3 Å². The summed E-state index contributed by atoms with van der Waals surface area (Å²) in [6, 6.07) is 11.2. The molecule has 3 aliphatic rings. The molecule has 186 valence electrons. The van der Waals surface area contributed by atoms with Crippen LogP contribution in [-0.4, -0.2) is 54.8 Å². The summed E-state index contributed by atoms with van der Waals surface area (Å²) in [5.74, 6) is 0.622. The highest BCUT2D eigenvalue weighted by Crippen LogP contribution is 2.43. The highest BCUT2D eigenvalue weighted by molar-refractivity contribution is 7.16. The predicted molar refractivity (Wildman–Crippen MR) is 145 cm³/mol. The number of hydrogen-bond acceptors (Lipinski definition) is 7. The molecule has 7 nitrogen and oxygen atoms in total. The SMILES string of the molecule is CC/C=C(/NC1CC1)c1cc2c(s1)-c1ccccc1N(C(=O)c1cncc(N3CCOCC3)n1)CC2. The van der Waals surface area contributed by atoms with Crippen LogP contribution in [0.2, 0.25) is 0 Å². The van der Waals surface area contributed by atoms with Crippen molar-refractivity contribution in [3.63, 3.8) is 0 Å². The zero-order valence-corrected chi connectivity index (χ0v) is 21.4. The topological polar surface area (TPSA) is 70.6 Å². The lowest BCUT2D eigenvalue weighted by Crippen LogP contribution is -2.38. The first-order valence-electron chi connectivity index (χ1n) is 12.9. The Morgan fingerprint density at radius 1 is 1.19 bits per heavy atom. The molecule has 1 aliphatic carbocycles. The quantitative estimate of drug-likeness (QED) is 0.526. The lowest BCUT2D eigenvalue weighted by Gasteiger charge is -2.28. The van der Waals surface area contributed by atoms with Crippen LogP contribution in [0.15, 0.2) is 48.8 Å². The Bertz CT molecular complexity index is 1290. The number of morpholine rings is 1. The fourth-order valence-electron chi connectivity index (χ4n) is 4.86. The Morgan fingerprint density at radius 2 is 2.03 bits per heavy atom. The lowest BCUT2D eigenvalue weighted by atomic mass is 10.1. The molecule has 0 spiro atoms. The van der Waals surface area contributed by atoms with Crippen LogP contribution in [0.1, 0.15) is 47.1 Å². The van der Waals surface area contributed by atoms with Gasteiger partial charge in [0.2, 0.25) is 0 Å².